The van der Waals surface area contributed by atoms with Gasteiger partial charge in [0.2, 0.25) is 0 Å². The Morgan fingerprint density at radius 3 is 2.77 bits per heavy atom. The molecule has 1 saturated carbocycles. The van der Waals surface area contributed by atoms with Gasteiger partial charge in [0.1, 0.15) is 0 Å². The fraction of sp³-hybridized carbons (Fsp3) is 0.667. The van der Waals surface area contributed by atoms with Gasteiger partial charge in [0, 0.05) is 46.9 Å². The summed E-state index contributed by atoms with van der Waals surface area (Å²) in [4.78, 5) is 4.41. The van der Waals surface area contributed by atoms with Crippen LogP contribution in [0.5, 0.6) is 0 Å². The molecular formula is C21H35N3OS. The van der Waals surface area contributed by atoms with Gasteiger partial charge in [-0.1, -0.05) is 57.0 Å². The zero-order valence-electron chi connectivity index (χ0n) is 17.0. The van der Waals surface area contributed by atoms with Gasteiger partial charge in [-0.15, -0.1) is 0 Å². The van der Waals surface area contributed by atoms with Crippen LogP contribution in [0.2, 0.25) is 0 Å². The third-order valence-electron chi connectivity index (χ3n) is 5.34. The van der Waals surface area contributed by atoms with Gasteiger partial charge in [0.15, 0.2) is 5.96 Å². The Kier molecular flexibility index (Phi) is 7.69. The third-order valence-corrected chi connectivity index (χ3v) is 7.08. The fourth-order valence-electron chi connectivity index (χ4n) is 3.61. The molecule has 0 radical (unpaired) electrons. The van der Waals surface area contributed by atoms with Crippen LogP contribution in [0.1, 0.15) is 57.6 Å². The smallest absolute Gasteiger partial charge is 0.191 e. The Morgan fingerprint density at radius 2 is 2.12 bits per heavy atom. The average molecular weight is 378 g/mol. The second-order valence-corrected chi connectivity index (χ2v) is 9.98. The van der Waals surface area contributed by atoms with Gasteiger partial charge in [0.25, 0.3) is 0 Å². The monoisotopic (exact) mass is 377 g/mol. The average Bonchev–Trinajstić information content (AvgIpc) is 2.64. The number of benzene rings is 1. The molecule has 1 aliphatic carbocycles. The van der Waals surface area contributed by atoms with Crippen molar-refractivity contribution in [3.63, 3.8) is 0 Å². The molecule has 3 unspecified atom stereocenters. The number of rotatable bonds is 6. The molecule has 2 rings (SSSR count). The van der Waals surface area contributed by atoms with Crippen molar-refractivity contribution in [2.45, 2.75) is 70.1 Å². The number of aryl methyl sites for hydroxylation is 1. The zero-order valence-corrected chi connectivity index (χ0v) is 17.8. The lowest BCUT2D eigenvalue weighted by Crippen LogP contribution is -2.49. The fourth-order valence-corrected chi connectivity index (χ4v) is 4.96. The highest BCUT2D eigenvalue weighted by molar-refractivity contribution is 7.85. The van der Waals surface area contributed by atoms with E-state index in [1.807, 2.05) is 14.0 Å². The van der Waals surface area contributed by atoms with Gasteiger partial charge in [-0.05, 0) is 31.7 Å². The maximum absolute atomic E-state index is 12.1. The first-order valence-electron chi connectivity index (χ1n) is 9.77. The lowest BCUT2D eigenvalue weighted by atomic mass is 9.84. The van der Waals surface area contributed by atoms with Crippen molar-refractivity contribution in [1.82, 2.24) is 10.6 Å². The van der Waals surface area contributed by atoms with Gasteiger partial charge in [-0.25, -0.2) is 0 Å². The second-order valence-electron chi connectivity index (χ2n) is 7.98. The molecule has 5 heteroatoms. The Labute approximate surface area is 161 Å². The molecule has 1 aromatic carbocycles. The van der Waals surface area contributed by atoms with E-state index in [1.165, 1.54) is 11.1 Å². The second kappa shape index (κ2) is 9.54. The molecule has 0 bridgehead atoms. The van der Waals surface area contributed by atoms with Gasteiger partial charge >= 0.3 is 0 Å². The lowest BCUT2D eigenvalue weighted by molar-refractivity contribution is 0.410. The standard InChI is InChI=1S/C21H35N3OS/c1-6-26(25)19-12-8-11-18(14-19)24-20(22-5)23-15-21(3,4)17-10-7-9-16(2)13-17/h7,9-10,13,18-19H,6,8,11-12,14-15H2,1-5H3,(H2,22,23,24). The number of guanidine groups is 1. The van der Waals surface area contributed by atoms with E-state index >= 15 is 0 Å². The zero-order chi connectivity index (χ0) is 19.2. The van der Waals surface area contributed by atoms with E-state index in [1.54, 1.807) is 0 Å². The van der Waals surface area contributed by atoms with Crippen molar-refractivity contribution in [3.05, 3.63) is 35.4 Å². The summed E-state index contributed by atoms with van der Waals surface area (Å²) in [6, 6.07) is 9.06. The van der Waals surface area contributed by atoms with E-state index in [4.69, 9.17) is 0 Å². The highest BCUT2D eigenvalue weighted by atomic mass is 32.2. The van der Waals surface area contributed by atoms with Crippen LogP contribution in [0.3, 0.4) is 0 Å². The van der Waals surface area contributed by atoms with E-state index < -0.39 is 10.8 Å². The quantitative estimate of drug-likeness (QED) is 0.589. The lowest BCUT2D eigenvalue weighted by Gasteiger charge is -2.32. The molecule has 0 heterocycles. The summed E-state index contributed by atoms with van der Waals surface area (Å²) in [6.45, 7) is 9.47. The van der Waals surface area contributed by atoms with Crippen LogP contribution < -0.4 is 10.6 Å². The minimum absolute atomic E-state index is 0.0163. The van der Waals surface area contributed by atoms with Crippen molar-refractivity contribution in [2.75, 3.05) is 19.3 Å². The molecular weight excluding hydrogens is 342 g/mol. The summed E-state index contributed by atoms with van der Waals surface area (Å²) in [5.41, 5.74) is 2.63. The molecule has 0 saturated heterocycles. The SMILES string of the molecule is CCS(=O)C1CCCC(NC(=NC)NCC(C)(C)c2cccc(C)c2)C1. The molecule has 2 N–H and O–H groups in total. The first kappa shape index (κ1) is 20.9. The normalized spacial score (nSPS) is 22.7. The summed E-state index contributed by atoms with van der Waals surface area (Å²) >= 11 is 0. The van der Waals surface area contributed by atoms with E-state index in [2.05, 4.69) is 60.7 Å². The van der Waals surface area contributed by atoms with Gasteiger partial charge in [-0.3, -0.25) is 9.20 Å². The number of nitrogens with one attached hydrogen (secondary N) is 2. The molecule has 1 aliphatic rings. The minimum Gasteiger partial charge on any atom is -0.356 e. The topological polar surface area (TPSA) is 53.5 Å². The van der Waals surface area contributed by atoms with Crippen molar-refractivity contribution in [1.29, 1.82) is 0 Å². The first-order chi connectivity index (χ1) is 12.4. The maximum Gasteiger partial charge on any atom is 0.191 e. The molecule has 3 atom stereocenters. The summed E-state index contributed by atoms with van der Waals surface area (Å²) in [5.74, 6) is 1.60. The molecule has 0 aromatic heterocycles. The van der Waals surface area contributed by atoms with Crippen LogP contribution in [0.15, 0.2) is 29.3 Å². The molecule has 26 heavy (non-hydrogen) atoms. The first-order valence-corrected chi connectivity index (χ1v) is 11.2. The Morgan fingerprint density at radius 1 is 1.35 bits per heavy atom. The number of hydrogen-bond acceptors (Lipinski definition) is 2. The molecule has 0 amide bonds. The molecule has 4 nitrogen and oxygen atoms in total. The van der Waals surface area contributed by atoms with Crippen LogP contribution >= 0.6 is 0 Å². The van der Waals surface area contributed by atoms with Crippen LogP contribution in [0.4, 0.5) is 0 Å². The highest BCUT2D eigenvalue weighted by Gasteiger charge is 2.27. The van der Waals surface area contributed by atoms with Gasteiger partial charge in [0.05, 0.1) is 0 Å². The highest BCUT2D eigenvalue weighted by Crippen LogP contribution is 2.24. The van der Waals surface area contributed by atoms with Crippen molar-refractivity contribution in [2.24, 2.45) is 4.99 Å². The van der Waals surface area contributed by atoms with Crippen LogP contribution in [-0.2, 0) is 16.2 Å². The van der Waals surface area contributed by atoms with E-state index in [-0.39, 0.29) is 5.41 Å². The minimum atomic E-state index is -0.696. The molecule has 146 valence electrons. The molecule has 0 aliphatic heterocycles. The summed E-state index contributed by atoms with van der Waals surface area (Å²) in [7, 11) is 1.12. The van der Waals surface area contributed by atoms with Crippen LogP contribution in [-0.4, -0.2) is 40.8 Å². The van der Waals surface area contributed by atoms with Crippen molar-refractivity contribution in [3.8, 4) is 0 Å². The molecule has 1 aromatic rings. The largest absolute Gasteiger partial charge is 0.356 e. The predicted molar refractivity (Wildman–Crippen MR) is 113 cm³/mol. The summed E-state index contributed by atoms with van der Waals surface area (Å²) < 4.78 is 12.1. The number of nitrogens with zero attached hydrogens (tertiary/aromatic N) is 1. The molecule has 0 spiro atoms. The van der Waals surface area contributed by atoms with Crippen LogP contribution in [0.25, 0.3) is 0 Å². The Hall–Kier alpha value is -1.36. The van der Waals surface area contributed by atoms with Crippen molar-refractivity contribution >= 4 is 16.8 Å². The third kappa shape index (κ3) is 5.83. The summed E-state index contributed by atoms with van der Waals surface area (Å²) in [6.07, 6.45) is 4.33. The predicted octanol–water partition coefficient (Wildman–Crippen LogP) is 3.52. The van der Waals surface area contributed by atoms with E-state index in [9.17, 15) is 4.21 Å². The van der Waals surface area contributed by atoms with Crippen LogP contribution in [0, 0.1) is 6.92 Å². The number of aliphatic imine (C=N–C) groups is 1. The Balaban J connectivity index is 1.92. The van der Waals surface area contributed by atoms with Gasteiger partial charge < -0.3 is 10.6 Å². The molecule has 1 fully saturated rings. The summed E-state index contributed by atoms with van der Waals surface area (Å²) in [5, 5.41) is 7.38. The van der Waals surface area contributed by atoms with Crippen molar-refractivity contribution < 1.29 is 4.21 Å². The van der Waals surface area contributed by atoms with Gasteiger partial charge in [-0.2, -0.15) is 0 Å². The number of hydrogen-bond donors (Lipinski definition) is 2. The van der Waals surface area contributed by atoms with E-state index in [0.717, 1.165) is 43.9 Å². The van der Waals surface area contributed by atoms with E-state index in [0.29, 0.717) is 11.3 Å². The maximum atomic E-state index is 12.1. The Bertz CT molecular complexity index is 642.